The number of fused-ring (bicyclic) bond motifs is 2. The number of pyridine rings is 1. The first-order chi connectivity index (χ1) is 11.6. The fraction of sp³-hybridized carbons (Fsp3) is 0.235. The Bertz CT molecular complexity index is 926. The molecule has 0 N–H and O–H groups in total. The molecule has 3 heterocycles. The molecule has 0 bridgehead atoms. The van der Waals surface area contributed by atoms with Crippen molar-refractivity contribution in [3.63, 3.8) is 0 Å². The van der Waals surface area contributed by atoms with Crippen molar-refractivity contribution in [3.05, 3.63) is 51.3 Å². The van der Waals surface area contributed by atoms with Gasteiger partial charge in [-0.2, -0.15) is 0 Å². The van der Waals surface area contributed by atoms with Crippen molar-refractivity contribution in [2.24, 2.45) is 0 Å². The van der Waals surface area contributed by atoms with Crippen LogP contribution >= 0.6 is 27.5 Å². The lowest BCUT2D eigenvalue weighted by molar-refractivity contribution is 0.174. The van der Waals surface area contributed by atoms with Crippen LogP contribution in [0.15, 0.2) is 35.1 Å². The molecule has 1 aliphatic heterocycles. The molecular weight excluding hydrogens is 396 g/mol. The third-order valence-corrected chi connectivity index (χ3v) is 5.19. The number of nitrogens with zero attached hydrogens (tertiary/aromatic N) is 2. The molecule has 7 heteroatoms. The second-order valence-electron chi connectivity index (χ2n) is 5.45. The normalized spacial score (nSPS) is 12.8. The first-order valence-electron chi connectivity index (χ1n) is 7.47. The monoisotopic (exact) mass is 408 g/mol. The molecule has 1 aliphatic rings. The number of rotatable bonds is 4. The SMILES string of the molecule is Cc1nc2c(OCCc3cc4c(cc3Cl)OCO4)cccn2c1Br. The van der Waals surface area contributed by atoms with Crippen molar-refractivity contribution >= 4 is 33.2 Å². The van der Waals surface area contributed by atoms with Gasteiger partial charge in [0, 0.05) is 23.7 Å². The minimum Gasteiger partial charge on any atom is -0.489 e. The van der Waals surface area contributed by atoms with Crippen LogP contribution in [0.25, 0.3) is 5.65 Å². The summed E-state index contributed by atoms with van der Waals surface area (Å²) in [6, 6.07) is 7.54. The number of aryl methyl sites for hydroxylation is 1. The summed E-state index contributed by atoms with van der Waals surface area (Å²) in [6.45, 7) is 2.68. The molecule has 0 unspecified atom stereocenters. The summed E-state index contributed by atoms with van der Waals surface area (Å²) >= 11 is 9.82. The van der Waals surface area contributed by atoms with E-state index in [9.17, 15) is 0 Å². The predicted molar refractivity (Wildman–Crippen MR) is 94.4 cm³/mol. The predicted octanol–water partition coefficient (Wildman–Crippen LogP) is 4.41. The number of hydrogen-bond acceptors (Lipinski definition) is 4. The molecule has 0 atom stereocenters. The summed E-state index contributed by atoms with van der Waals surface area (Å²) in [6.07, 6.45) is 2.61. The molecule has 2 aromatic heterocycles. The Morgan fingerprint density at radius 1 is 1.33 bits per heavy atom. The standard InChI is InChI=1S/C17H14BrClN2O3/c1-10-16(18)21-5-2-3-13(17(21)20-10)22-6-4-11-7-14-15(8-12(11)19)24-9-23-14/h2-3,5,7-8H,4,6,9H2,1H3. The highest BCUT2D eigenvalue weighted by Gasteiger charge is 2.17. The summed E-state index contributed by atoms with van der Waals surface area (Å²) in [7, 11) is 0. The van der Waals surface area contributed by atoms with E-state index >= 15 is 0 Å². The van der Waals surface area contributed by atoms with Crippen LogP contribution < -0.4 is 14.2 Å². The third kappa shape index (κ3) is 2.70. The minimum atomic E-state index is 0.238. The largest absolute Gasteiger partial charge is 0.489 e. The van der Waals surface area contributed by atoms with E-state index in [0.29, 0.717) is 23.8 Å². The van der Waals surface area contributed by atoms with Gasteiger partial charge in [0.15, 0.2) is 22.9 Å². The number of hydrogen-bond donors (Lipinski definition) is 0. The lowest BCUT2D eigenvalue weighted by Gasteiger charge is -2.09. The van der Waals surface area contributed by atoms with Gasteiger partial charge in [0.2, 0.25) is 6.79 Å². The fourth-order valence-corrected chi connectivity index (χ4v) is 3.28. The summed E-state index contributed by atoms with van der Waals surface area (Å²) < 4.78 is 19.5. The van der Waals surface area contributed by atoms with E-state index in [1.54, 1.807) is 6.07 Å². The second-order valence-corrected chi connectivity index (χ2v) is 6.61. The van der Waals surface area contributed by atoms with Crippen molar-refractivity contribution in [2.75, 3.05) is 13.4 Å². The minimum absolute atomic E-state index is 0.238. The summed E-state index contributed by atoms with van der Waals surface area (Å²) in [5.41, 5.74) is 2.68. The number of ether oxygens (including phenoxy) is 3. The van der Waals surface area contributed by atoms with Gasteiger partial charge in [0.05, 0.1) is 12.3 Å². The van der Waals surface area contributed by atoms with Crippen LogP contribution in [0, 0.1) is 6.92 Å². The Balaban J connectivity index is 1.51. The number of imidazole rings is 1. The Kier molecular flexibility index (Phi) is 4.02. The van der Waals surface area contributed by atoms with Crippen LogP contribution in [0.5, 0.6) is 17.2 Å². The maximum absolute atomic E-state index is 6.30. The molecule has 1 aromatic carbocycles. The van der Waals surface area contributed by atoms with Crippen LogP contribution in [-0.4, -0.2) is 22.8 Å². The molecule has 4 rings (SSSR count). The van der Waals surface area contributed by atoms with Gasteiger partial charge in [-0.15, -0.1) is 0 Å². The Morgan fingerprint density at radius 2 is 2.12 bits per heavy atom. The third-order valence-electron chi connectivity index (χ3n) is 3.89. The summed E-state index contributed by atoms with van der Waals surface area (Å²) in [4.78, 5) is 4.53. The van der Waals surface area contributed by atoms with E-state index < -0.39 is 0 Å². The highest BCUT2D eigenvalue weighted by molar-refractivity contribution is 9.10. The zero-order chi connectivity index (χ0) is 16.7. The van der Waals surface area contributed by atoms with Crippen molar-refractivity contribution < 1.29 is 14.2 Å². The highest BCUT2D eigenvalue weighted by atomic mass is 79.9. The average molecular weight is 410 g/mol. The van der Waals surface area contributed by atoms with Gasteiger partial charge in [-0.25, -0.2) is 4.98 Å². The molecule has 0 aliphatic carbocycles. The fourth-order valence-electron chi connectivity index (χ4n) is 2.66. The zero-order valence-corrected chi connectivity index (χ0v) is 15.2. The molecule has 0 radical (unpaired) electrons. The molecule has 3 aromatic rings. The lowest BCUT2D eigenvalue weighted by Crippen LogP contribution is -2.03. The smallest absolute Gasteiger partial charge is 0.231 e. The second kappa shape index (κ2) is 6.18. The van der Waals surface area contributed by atoms with E-state index in [1.807, 2.05) is 35.7 Å². The van der Waals surface area contributed by atoms with Gasteiger partial charge in [0.1, 0.15) is 4.60 Å². The first kappa shape index (κ1) is 15.6. The average Bonchev–Trinajstić information content (AvgIpc) is 3.13. The molecule has 124 valence electrons. The lowest BCUT2D eigenvalue weighted by atomic mass is 10.1. The molecule has 0 fully saturated rings. The summed E-state index contributed by atoms with van der Waals surface area (Å²) in [5.74, 6) is 2.15. The van der Waals surface area contributed by atoms with Gasteiger partial charge in [-0.1, -0.05) is 11.6 Å². The van der Waals surface area contributed by atoms with Crippen LogP contribution in [0.1, 0.15) is 11.3 Å². The molecule has 0 saturated carbocycles. The van der Waals surface area contributed by atoms with Crippen LogP contribution in [0.4, 0.5) is 0 Å². The van der Waals surface area contributed by atoms with Crippen LogP contribution in [0.2, 0.25) is 5.02 Å². The Hall–Kier alpha value is -1.92. The number of benzene rings is 1. The van der Waals surface area contributed by atoms with Crippen LogP contribution in [0.3, 0.4) is 0 Å². The zero-order valence-electron chi connectivity index (χ0n) is 12.9. The van der Waals surface area contributed by atoms with Crippen molar-refractivity contribution in [2.45, 2.75) is 13.3 Å². The highest BCUT2D eigenvalue weighted by Crippen LogP contribution is 2.37. The molecule has 0 saturated heterocycles. The summed E-state index contributed by atoms with van der Waals surface area (Å²) in [5, 5.41) is 0.653. The maximum Gasteiger partial charge on any atom is 0.231 e. The first-order valence-corrected chi connectivity index (χ1v) is 8.64. The topological polar surface area (TPSA) is 45.0 Å². The van der Waals surface area contributed by atoms with Crippen LogP contribution in [-0.2, 0) is 6.42 Å². The van der Waals surface area contributed by atoms with Gasteiger partial charge in [-0.05, 0) is 46.6 Å². The van der Waals surface area contributed by atoms with E-state index in [1.165, 1.54) is 0 Å². The van der Waals surface area contributed by atoms with Crippen molar-refractivity contribution in [3.8, 4) is 17.2 Å². The maximum atomic E-state index is 6.30. The molecule has 0 amide bonds. The van der Waals surface area contributed by atoms with Crippen molar-refractivity contribution in [1.82, 2.24) is 9.38 Å². The van der Waals surface area contributed by atoms with Gasteiger partial charge >= 0.3 is 0 Å². The number of aromatic nitrogens is 2. The quantitative estimate of drug-likeness (QED) is 0.640. The van der Waals surface area contributed by atoms with Gasteiger partial charge in [-0.3, -0.25) is 4.40 Å². The van der Waals surface area contributed by atoms with E-state index in [2.05, 4.69) is 20.9 Å². The van der Waals surface area contributed by atoms with E-state index in [-0.39, 0.29) is 6.79 Å². The Labute approximate surface area is 152 Å². The molecule has 5 nitrogen and oxygen atoms in total. The van der Waals surface area contributed by atoms with Gasteiger partial charge in [0.25, 0.3) is 0 Å². The van der Waals surface area contributed by atoms with Crippen molar-refractivity contribution in [1.29, 1.82) is 0 Å². The number of halogens is 2. The van der Waals surface area contributed by atoms with E-state index in [0.717, 1.165) is 33.0 Å². The molecule has 24 heavy (non-hydrogen) atoms. The molecule has 0 spiro atoms. The molecular formula is C17H14BrClN2O3. The van der Waals surface area contributed by atoms with Gasteiger partial charge < -0.3 is 14.2 Å². The Morgan fingerprint density at radius 3 is 2.96 bits per heavy atom. The van der Waals surface area contributed by atoms with E-state index in [4.69, 9.17) is 25.8 Å².